The lowest BCUT2D eigenvalue weighted by molar-refractivity contribution is 0.102. The molecule has 0 atom stereocenters. The van der Waals surface area contributed by atoms with Crippen molar-refractivity contribution >= 4 is 38.9 Å². The van der Waals surface area contributed by atoms with E-state index < -0.39 is 0 Å². The van der Waals surface area contributed by atoms with Gasteiger partial charge in [0, 0.05) is 10.0 Å². The van der Waals surface area contributed by atoms with Crippen LogP contribution in [-0.2, 0) is 0 Å². The van der Waals surface area contributed by atoms with E-state index in [9.17, 15) is 4.79 Å². The standard InChI is InChI=1S/C14H10BrN3O2S/c1-8-16-14(20-18-8)12-11(5-6-21-12)17-13(19)9-3-2-4-10(15)7-9/h2-7H,1H3,(H,17,19). The Morgan fingerprint density at radius 2 is 2.24 bits per heavy atom. The number of nitrogens with one attached hydrogen (secondary N) is 1. The lowest BCUT2D eigenvalue weighted by Gasteiger charge is -2.05. The van der Waals surface area contributed by atoms with E-state index >= 15 is 0 Å². The molecule has 0 radical (unpaired) electrons. The monoisotopic (exact) mass is 363 g/mol. The summed E-state index contributed by atoms with van der Waals surface area (Å²) in [5, 5.41) is 8.50. The topological polar surface area (TPSA) is 68.0 Å². The molecule has 1 aromatic carbocycles. The van der Waals surface area contributed by atoms with E-state index in [1.54, 1.807) is 19.1 Å². The van der Waals surface area contributed by atoms with Gasteiger partial charge >= 0.3 is 0 Å². The molecule has 0 aliphatic heterocycles. The number of benzene rings is 1. The first-order valence-electron chi connectivity index (χ1n) is 6.08. The van der Waals surface area contributed by atoms with Gasteiger partial charge in [0.2, 0.25) is 0 Å². The molecule has 0 aliphatic rings. The van der Waals surface area contributed by atoms with Crippen molar-refractivity contribution in [2.75, 3.05) is 5.32 Å². The fraction of sp³-hybridized carbons (Fsp3) is 0.0714. The Kier molecular flexibility index (Phi) is 3.85. The minimum atomic E-state index is -0.188. The van der Waals surface area contributed by atoms with Gasteiger partial charge < -0.3 is 9.84 Å². The Labute approximate surface area is 133 Å². The molecule has 0 saturated carbocycles. The first-order valence-corrected chi connectivity index (χ1v) is 7.76. The second-order valence-corrected chi connectivity index (χ2v) is 6.11. The van der Waals surface area contributed by atoms with Crippen LogP contribution in [0.25, 0.3) is 10.8 Å². The number of aryl methyl sites for hydroxylation is 1. The number of anilines is 1. The Morgan fingerprint density at radius 3 is 2.95 bits per heavy atom. The van der Waals surface area contributed by atoms with Gasteiger partial charge in [-0.05, 0) is 36.6 Å². The maximum Gasteiger partial charge on any atom is 0.270 e. The number of carbonyl (C=O) groups excluding carboxylic acids is 1. The summed E-state index contributed by atoms with van der Waals surface area (Å²) in [7, 11) is 0. The summed E-state index contributed by atoms with van der Waals surface area (Å²) in [6.07, 6.45) is 0. The number of carbonyl (C=O) groups is 1. The van der Waals surface area contributed by atoms with Crippen LogP contribution in [0.5, 0.6) is 0 Å². The zero-order valence-electron chi connectivity index (χ0n) is 11.0. The van der Waals surface area contributed by atoms with E-state index in [4.69, 9.17) is 4.52 Å². The highest BCUT2D eigenvalue weighted by molar-refractivity contribution is 9.10. The minimum Gasteiger partial charge on any atom is -0.333 e. The zero-order chi connectivity index (χ0) is 14.8. The Bertz CT molecular complexity index is 797. The van der Waals surface area contributed by atoms with Crippen LogP contribution < -0.4 is 5.32 Å². The molecule has 5 nitrogen and oxygen atoms in total. The van der Waals surface area contributed by atoms with E-state index in [1.807, 2.05) is 23.6 Å². The number of rotatable bonds is 3. The zero-order valence-corrected chi connectivity index (χ0v) is 13.4. The van der Waals surface area contributed by atoms with Gasteiger partial charge in [-0.25, -0.2) is 0 Å². The summed E-state index contributed by atoms with van der Waals surface area (Å²) >= 11 is 4.79. The van der Waals surface area contributed by atoms with Crippen LogP contribution >= 0.6 is 27.3 Å². The van der Waals surface area contributed by atoms with Crippen molar-refractivity contribution in [1.82, 2.24) is 10.1 Å². The molecule has 7 heteroatoms. The molecule has 21 heavy (non-hydrogen) atoms. The summed E-state index contributed by atoms with van der Waals surface area (Å²) in [5.74, 6) is 0.780. The molecule has 1 N–H and O–H groups in total. The normalized spacial score (nSPS) is 10.6. The van der Waals surface area contributed by atoms with Crippen LogP contribution in [0, 0.1) is 6.92 Å². The van der Waals surface area contributed by atoms with Gasteiger partial charge in [-0.1, -0.05) is 27.2 Å². The van der Waals surface area contributed by atoms with Gasteiger partial charge in [-0.3, -0.25) is 4.79 Å². The van der Waals surface area contributed by atoms with Crippen molar-refractivity contribution in [3.8, 4) is 10.8 Å². The molecule has 0 saturated heterocycles. The highest BCUT2D eigenvalue weighted by Crippen LogP contribution is 2.32. The van der Waals surface area contributed by atoms with E-state index in [-0.39, 0.29) is 5.91 Å². The lowest BCUT2D eigenvalue weighted by atomic mass is 10.2. The molecule has 2 heterocycles. The molecular formula is C14H10BrN3O2S. The molecule has 2 aromatic heterocycles. The summed E-state index contributed by atoms with van der Waals surface area (Å²) in [6, 6.07) is 9.01. The van der Waals surface area contributed by atoms with Gasteiger partial charge in [-0.2, -0.15) is 4.98 Å². The van der Waals surface area contributed by atoms with Gasteiger partial charge in [0.05, 0.1) is 5.69 Å². The maximum atomic E-state index is 12.3. The molecule has 1 amide bonds. The van der Waals surface area contributed by atoms with Crippen molar-refractivity contribution in [2.24, 2.45) is 0 Å². The first-order chi connectivity index (χ1) is 10.1. The average molecular weight is 364 g/mol. The molecule has 0 aliphatic carbocycles. The van der Waals surface area contributed by atoms with Crippen LogP contribution in [0.4, 0.5) is 5.69 Å². The van der Waals surface area contributed by atoms with E-state index in [2.05, 4.69) is 31.4 Å². The van der Waals surface area contributed by atoms with Crippen molar-refractivity contribution in [1.29, 1.82) is 0 Å². The van der Waals surface area contributed by atoms with Gasteiger partial charge in [0.15, 0.2) is 5.82 Å². The Morgan fingerprint density at radius 1 is 1.38 bits per heavy atom. The second-order valence-electron chi connectivity index (χ2n) is 4.27. The van der Waals surface area contributed by atoms with Gasteiger partial charge in [0.1, 0.15) is 4.88 Å². The highest BCUT2D eigenvalue weighted by atomic mass is 79.9. The number of hydrogen-bond donors (Lipinski definition) is 1. The second kappa shape index (κ2) is 5.79. The number of thiophene rings is 1. The molecule has 3 rings (SSSR count). The third kappa shape index (κ3) is 3.03. The van der Waals surface area contributed by atoms with Crippen molar-refractivity contribution in [3.05, 3.63) is 51.6 Å². The quantitative estimate of drug-likeness (QED) is 0.759. The van der Waals surface area contributed by atoms with E-state index in [1.165, 1.54) is 11.3 Å². The average Bonchev–Trinajstić information content (AvgIpc) is 3.07. The van der Waals surface area contributed by atoms with Crippen LogP contribution in [0.3, 0.4) is 0 Å². The number of halogens is 1. The molecule has 0 fully saturated rings. The van der Waals surface area contributed by atoms with Crippen molar-refractivity contribution < 1.29 is 9.32 Å². The largest absolute Gasteiger partial charge is 0.333 e. The molecule has 0 bridgehead atoms. The third-order valence-corrected chi connectivity index (χ3v) is 4.12. The predicted octanol–water partition coefficient (Wildman–Crippen LogP) is 4.12. The van der Waals surface area contributed by atoms with Crippen LogP contribution in [0.1, 0.15) is 16.2 Å². The fourth-order valence-electron chi connectivity index (χ4n) is 1.79. The van der Waals surface area contributed by atoms with Crippen LogP contribution in [0.2, 0.25) is 0 Å². The third-order valence-electron chi connectivity index (χ3n) is 2.72. The van der Waals surface area contributed by atoms with E-state index in [0.717, 1.165) is 9.35 Å². The molecule has 3 aromatic rings. The van der Waals surface area contributed by atoms with E-state index in [0.29, 0.717) is 23.0 Å². The summed E-state index contributed by atoms with van der Waals surface area (Å²) in [4.78, 5) is 17.2. The molecule has 106 valence electrons. The summed E-state index contributed by atoms with van der Waals surface area (Å²) in [6.45, 7) is 1.75. The molecule has 0 unspecified atom stereocenters. The number of hydrogen-bond acceptors (Lipinski definition) is 5. The highest BCUT2D eigenvalue weighted by Gasteiger charge is 2.16. The van der Waals surface area contributed by atoms with Gasteiger partial charge in [-0.15, -0.1) is 11.3 Å². The van der Waals surface area contributed by atoms with Crippen LogP contribution in [-0.4, -0.2) is 16.0 Å². The first kappa shape index (κ1) is 14.0. The molecular weight excluding hydrogens is 354 g/mol. The predicted molar refractivity (Wildman–Crippen MR) is 84.4 cm³/mol. The van der Waals surface area contributed by atoms with Crippen molar-refractivity contribution in [3.63, 3.8) is 0 Å². The SMILES string of the molecule is Cc1noc(-c2sccc2NC(=O)c2cccc(Br)c2)n1. The lowest BCUT2D eigenvalue weighted by Crippen LogP contribution is -2.11. The summed E-state index contributed by atoms with van der Waals surface area (Å²) < 4.78 is 6.00. The maximum absolute atomic E-state index is 12.3. The Balaban J connectivity index is 1.86. The Hall–Kier alpha value is -1.99. The van der Waals surface area contributed by atoms with Crippen molar-refractivity contribution in [2.45, 2.75) is 6.92 Å². The summed E-state index contributed by atoms with van der Waals surface area (Å²) in [5.41, 5.74) is 1.23. The smallest absolute Gasteiger partial charge is 0.270 e. The van der Waals surface area contributed by atoms with Gasteiger partial charge in [0.25, 0.3) is 11.8 Å². The molecule has 0 spiro atoms. The number of aromatic nitrogens is 2. The number of nitrogens with zero attached hydrogens (tertiary/aromatic N) is 2. The fourth-order valence-corrected chi connectivity index (χ4v) is 2.96. The van der Waals surface area contributed by atoms with Crippen LogP contribution in [0.15, 0.2) is 44.7 Å². The number of amides is 1. The minimum absolute atomic E-state index is 0.188.